The van der Waals surface area contributed by atoms with Gasteiger partial charge in [-0.3, -0.25) is 4.79 Å². The zero-order valence-corrected chi connectivity index (χ0v) is 16.2. The average molecular weight is 410 g/mol. The van der Waals surface area contributed by atoms with Crippen molar-refractivity contribution in [3.8, 4) is 17.4 Å². The van der Waals surface area contributed by atoms with Crippen LogP contribution in [0.2, 0.25) is 0 Å². The van der Waals surface area contributed by atoms with Crippen molar-refractivity contribution in [1.29, 1.82) is 5.26 Å². The minimum absolute atomic E-state index is 0.0396. The molecular formula is C20H16BrN3O2. The maximum Gasteiger partial charge on any atom is 0.289 e. The Kier molecular flexibility index (Phi) is 4.92. The first-order chi connectivity index (χ1) is 12.4. The van der Waals surface area contributed by atoms with E-state index in [4.69, 9.17) is 4.42 Å². The van der Waals surface area contributed by atoms with Crippen molar-refractivity contribution < 1.29 is 9.21 Å². The second-order valence-corrected chi connectivity index (χ2v) is 6.83. The van der Waals surface area contributed by atoms with Crippen LogP contribution in [0.15, 0.2) is 50.9 Å². The summed E-state index contributed by atoms with van der Waals surface area (Å²) >= 11 is 3.50. The van der Waals surface area contributed by atoms with Crippen LogP contribution in [0.5, 0.6) is 0 Å². The number of nitrogens with zero attached hydrogens (tertiary/aromatic N) is 3. The van der Waals surface area contributed by atoms with E-state index in [-0.39, 0.29) is 5.57 Å². The molecule has 0 N–H and O–H groups in total. The molecular weight excluding hydrogens is 394 g/mol. The van der Waals surface area contributed by atoms with Gasteiger partial charge in [-0.2, -0.15) is 10.4 Å². The summed E-state index contributed by atoms with van der Waals surface area (Å²) in [5, 5.41) is 13.5. The molecule has 3 rings (SSSR count). The van der Waals surface area contributed by atoms with E-state index in [1.54, 1.807) is 26.0 Å². The smallest absolute Gasteiger partial charge is 0.289 e. The van der Waals surface area contributed by atoms with E-state index < -0.39 is 5.91 Å². The van der Waals surface area contributed by atoms with Gasteiger partial charge in [0.2, 0.25) is 0 Å². The number of carbonyl (C=O) groups excluding carboxylic acids is 1. The number of halogens is 1. The zero-order valence-electron chi connectivity index (χ0n) is 14.6. The van der Waals surface area contributed by atoms with Crippen molar-refractivity contribution in [2.24, 2.45) is 0 Å². The minimum Gasteiger partial charge on any atom is -0.457 e. The van der Waals surface area contributed by atoms with Crippen molar-refractivity contribution in [1.82, 2.24) is 9.78 Å². The molecule has 0 amide bonds. The van der Waals surface area contributed by atoms with Crippen LogP contribution in [-0.4, -0.2) is 15.7 Å². The summed E-state index contributed by atoms with van der Waals surface area (Å²) in [6.07, 6.45) is 1.44. The highest BCUT2D eigenvalue weighted by molar-refractivity contribution is 9.10. The quantitative estimate of drug-likeness (QED) is 0.446. The Labute approximate surface area is 159 Å². The number of aromatic nitrogens is 2. The van der Waals surface area contributed by atoms with E-state index in [0.29, 0.717) is 17.2 Å². The minimum atomic E-state index is -0.478. The molecule has 6 heteroatoms. The molecule has 0 spiro atoms. The molecule has 2 heterocycles. The number of carbonyl (C=O) groups is 1. The molecule has 0 fully saturated rings. The van der Waals surface area contributed by atoms with Crippen LogP contribution in [0.1, 0.15) is 27.5 Å². The topological polar surface area (TPSA) is 71.8 Å². The molecule has 0 saturated heterocycles. The van der Waals surface area contributed by atoms with Crippen molar-refractivity contribution in [2.75, 3.05) is 0 Å². The molecule has 3 aromatic rings. The fraction of sp³-hybridized carbons (Fsp3) is 0.150. The predicted molar refractivity (Wildman–Crippen MR) is 102 cm³/mol. The maximum atomic E-state index is 12.5. The third-order valence-electron chi connectivity index (χ3n) is 3.92. The highest BCUT2D eigenvalue weighted by Crippen LogP contribution is 2.28. The molecule has 0 bridgehead atoms. The van der Waals surface area contributed by atoms with Crippen LogP contribution in [-0.2, 0) is 0 Å². The summed E-state index contributed by atoms with van der Waals surface area (Å²) in [6, 6.07) is 13.2. The Morgan fingerprint density at radius 2 is 2.00 bits per heavy atom. The lowest BCUT2D eigenvalue weighted by Gasteiger charge is -2.02. The van der Waals surface area contributed by atoms with Crippen LogP contribution < -0.4 is 0 Å². The number of hydrogen-bond acceptors (Lipinski definition) is 4. The fourth-order valence-corrected chi connectivity index (χ4v) is 2.94. The second kappa shape index (κ2) is 7.14. The number of allylic oxidation sites excluding steroid dienone is 1. The highest BCUT2D eigenvalue weighted by atomic mass is 79.9. The Morgan fingerprint density at radius 1 is 1.23 bits per heavy atom. The fourth-order valence-electron chi connectivity index (χ4n) is 2.56. The standard InChI is InChI=1S/C20H16BrN3O2/c1-12-4-5-15(10-18(12)21)19-7-6-17(26-19)9-16(11-22)20(25)24-14(3)8-13(2)23-24/h4-10H,1-3H3/b16-9+. The van der Waals surface area contributed by atoms with E-state index in [2.05, 4.69) is 21.0 Å². The first-order valence-corrected chi connectivity index (χ1v) is 8.74. The van der Waals surface area contributed by atoms with E-state index in [1.807, 2.05) is 37.3 Å². The predicted octanol–water partition coefficient (Wildman–Crippen LogP) is 5.08. The molecule has 1 aromatic carbocycles. The summed E-state index contributed by atoms with van der Waals surface area (Å²) in [5.41, 5.74) is 3.40. The van der Waals surface area contributed by atoms with E-state index >= 15 is 0 Å². The lowest BCUT2D eigenvalue weighted by atomic mass is 10.1. The summed E-state index contributed by atoms with van der Waals surface area (Å²) in [6.45, 7) is 5.58. The summed E-state index contributed by atoms with van der Waals surface area (Å²) in [5.74, 6) is 0.616. The molecule has 130 valence electrons. The summed E-state index contributed by atoms with van der Waals surface area (Å²) < 4.78 is 8.00. The van der Waals surface area contributed by atoms with Crippen LogP contribution in [0.3, 0.4) is 0 Å². The lowest BCUT2D eigenvalue weighted by molar-refractivity contribution is 0.0943. The number of hydrogen-bond donors (Lipinski definition) is 0. The third-order valence-corrected chi connectivity index (χ3v) is 4.78. The summed E-state index contributed by atoms with van der Waals surface area (Å²) in [4.78, 5) is 12.5. The SMILES string of the molecule is Cc1cc(C)n(C(=O)/C(C#N)=C/c2ccc(-c3ccc(C)c(Br)c3)o2)n1. The number of benzene rings is 1. The largest absolute Gasteiger partial charge is 0.457 e. The van der Waals surface area contributed by atoms with Crippen LogP contribution in [0, 0.1) is 32.1 Å². The number of furan rings is 1. The Balaban J connectivity index is 1.92. The van der Waals surface area contributed by atoms with Gasteiger partial charge in [-0.15, -0.1) is 0 Å². The van der Waals surface area contributed by atoms with Gasteiger partial charge in [0.15, 0.2) is 0 Å². The Bertz CT molecular complexity index is 1070. The van der Waals surface area contributed by atoms with Crippen LogP contribution in [0.4, 0.5) is 0 Å². The van der Waals surface area contributed by atoms with E-state index in [0.717, 1.165) is 21.3 Å². The van der Waals surface area contributed by atoms with Crippen molar-refractivity contribution in [3.05, 3.63) is 69.2 Å². The van der Waals surface area contributed by atoms with Gasteiger partial charge in [0, 0.05) is 21.8 Å². The van der Waals surface area contributed by atoms with Crippen molar-refractivity contribution in [2.45, 2.75) is 20.8 Å². The Morgan fingerprint density at radius 3 is 2.62 bits per heavy atom. The van der Waals surface area contributed by atoms with Gasteiger partial charge in [0.05, 0.1) is 5.69 Å². The van der Waals surface area contributed by atoms with Gasteiger partial charge in [-0.05, 0) is 50.6 Å². The maximum absolute atomic E-state index is 12.5. The molecule has 0 aliphatic heterocycles. The molecule has 5 nitrogen and oxygen atoms in total. The normalized spacial score (nSPS) is 11.4. The second-order valence-electron chi connectivity index (χ2n) is 5.98. The molecule has 0 unspecified atom stereocenters. The lowest BCUT2D eigenvalue weighted by Crippen LogP contribution is -2.15. The highest BCUT2D eigenvalue weighted by Gasteiger charge is 2.16. The molecule has 0 aliphatic carbocycles. The van der Waals surface area contributed by atoms with Gasteiger partial charge in [0.25, 0.3) is 5.91 Å². The van der Waals surface area contributed by atoms with Crippen molar-refractivity contribution in [3.63, 3.8) is 0 Å². The molecule has 26 heavy (non-hydrogen) atoms. The molecule has 2 aromatic heterocycles. The molecule has 0 saturated carbocycles. The van der Waals surface area contributed by atoms with Gasteiger partial charge in [0.1, 0.15) is 23.2 Å². The number of rotatable bonds is 3. The van der Waals surface area contributed by atoms with Gasteiger partial charge in [-0.1, -0.05) is 28.1 Å². The number of nitriles is 1. The first kappa shape index (κ1) is 17.9. The van der Waals surface area contributed by atoms with Crippen LogP contribution in [0.25, 0.3) is 17.4 Å². The number of aryl methyl sites for hydroxylation is 3. The third kappa shape index (κ3) is 3.53. The van der Waals surface area contributed by atoms with Crippen molar-refractivity contribution >= 4 is 27.9 Å². The van der Waals surface area contributed by atoms with Gasteiger partial charge in [-0.25, -0.2) is 4.68 Å². The monoisotopic (exact) mass is 409 g/mol. The van der Waals surface area contributed by atoms with E-state index in [1.165, 1.54) is 10.8 Å². The molecule has 0 aliphatic rings. The van der Waals surface area contributed by atoms with Crippen LogP contribution >= 0.6 is 15.9 Å². The van der Waals surface area contributed by atoms with Gasteiger partial charge >= 0.3 is 0 Å². The zero-order chi connectivity index (χ0) is 18.8. The van der Waals surface area contributed by atoms with E-state index in [9.17, 15) is 10.1 Å². The van der Waals surface area contributed by atoms with Gasteiger partial charge < -0.3 is 4.42 Å². The summed E-state index contributed by atoms with van der Waals surface area (Å²) in [7, 11) is 0. The Hall–Kier alpha value is -2.91. The first-order valence-electron chi connectivity index (χ1n) is 7.95. The molecule has 0 atom stereocenters. The average Bonchev–Trinajstić information content (AvgIpc) is 3.20. The molecule has 0 radical (unpaired) electrons.